The molecule has 0 aliphatic heterocycles. The monoisotopic (exact) mass is 605 g/mol. The van der Waals surface area contributed by atoms with Crippen molar-refractivity contribution >= 4 is 24.1 Å². The van der Waals surface area contributed by atoms with Gasteiger partial charge in [-0.25, -0.2) is 14.6 Å². The smallest absolute Gasteiger partial charge is 0.308 e. The Labute approximate surface area is 252 Å². The molecule has 0 saturated heterocycles. The van der Waals surface area contributed by atoms with Crippen LogP contribution in [-0.4, -0.2) is 70.0 Å². The first-order chi connectivity index (χ1) is 21.0. The molecule has 14 nitrogen and oxygen atoms in total. The summed E-state index contributed by atoms with van der Waals surface area (Å²) in [5.74, 6) is -1.56. The predicted octanol–water partition coefficient (Wildman–Crippen LogP) is 0.778. The minimum Gasteiger partial charge on any atom is -0.481 e. The topological polar surface area (TPSA) is 198 Å². The van der Waals surface area contributed by atoms with Gasteiger partial charge >= 0.3 is 11.9 Å². The van der Waals surface area contributed by atoms with Crippen molar-refractivity contribution in [3.05, 3.63) is 86.6 Å². The first-order valence-electron chi connectivity index (χ1n) is 14.0. The van der Waals surface area contributed by atoms with Gasteiger partial charge in [0, 0.05) is 23.7 Å². The van der Waals surface area contributed by atoms with E-state index in [4.69, 9.17) is 14.6 Å². The standard InChI is InChI=1S/C30H35N7O7/c1-30(2,3)27-22(31-17-32-27)14-24-29(34-23(28(42)33-24)12-19-8-5-4-6-9-19)44-18-43-26(41)11-7-10-20-15-37(36-35-20)16-21(38)13-25(39)40/h4-6,8-9,12,14-15,17,21,38H,7,10-11,13,16,18H2,1-3H3,(H,31,32)(H,33,42)(H,39,40)/b23-12-,24-14-. The highest BCUT2D eigenvalue weighted by Crippen LogP contribution is 2.23. The van der Waals surface area contributed by atoms with Crippen LogP contribution in [0.15, 0.2) is 47.7 Å². The molecule has 0 spiro atoms. The second kappa shape index (κ2) is 14.4. The Balaban J connectivity index is 1.42. The largest absolute Gasteiger partial charge is 0.481 e. The number of aliphatic hydroxyl groups excluding tert-OH is 1. The zero-order valence-corrected chi connectivity index (χ0v) is 24.7. The van der Waals surface area contributed by atoms with Crippen molar-refractivity contribution < 1.29 is 29.3 Å². The Morgan fingerprint density at radius 3 is 2.66 bits per heavy atom. The maximum Gasteiger partial charge on any atom is 0.308 e. The lowest BCUT2D eigenvalue weighted by molar-refractivity contribution is -0.150. The molecular weight excluding hydrogens is 570 g/mol. The first-order valence-corrected chi connectivity index (χ1v) is 14.0. The number of esters is 1. The van der Waals surface area contributed by atoms with Crippen molar-refractivity contribution in [1.82, 2.24) is 34.9 Å². The number of H-pyrrole nitrogens is 2. The number of aliphatic carboxylic acids is 1. The van der Waals surface area contributed by atoms with Crippen LogP contribution in [0, 0.1) is 0 Å². The molecule has 0 saturated carbocycles. The highest BCUT2D eigenvalue weighted by atomic mass is 16.7. The summed E-state index contributed by atoms with van der Waals surface area (Å²) in [4.78, 5) is 50.8. The fourth-order valence-electron chi connectivity index (χ4n) is 4.29. The third-order valence-electron chi connectivity index (χ3n) is 6.36. The number of benzene rings is 1. The minimum absolute atomic E-state index is 0.000623. The number of carboxylic acids is 1. The van der Waals surface area contributed by atoms with E-state index in [-0.39, 0.29) is 35.0 Å². The molecule has 0 fully saturated rings. The molecular formula is C30H35N7O7. The Hall–Kier alpha value is -5.11. The van der Waals surface area contributed by atoms with Crippen LogP contribution in [-0.2, 0) is 32.7 Å². The molecule has 1 aromatic carbocycles. The number of carbonyl (C=O) groups excluding carboxylic acids is 1. The summed E-state index contributed by atoms with van der Waals surface area (Å²) < 4.78 is 12.4. The van der Waals surface area contributed by atoms with E-state index in [0.29, 0.717) is 24.2 Å². The second-order valence-corrected chi connectivity index (χ2v) is 11.1. The molecule has 1 unspecified atom stereocenters. The van der Waals surface area contributed by atoms with Crippen molar-refractivity contribution in [2.24, 2.45) is 0 Å². The zero-order valence-electron chi connectivity index (χ0n) is 24.7. The highest BCUT2D eigenvalue weighted by Gasteiger charge is 2.20. The van der Waals surface area contributed by atoms with Gasteiger partial charge in [0.1, 0.15) is 10.7 Å². The number of hydrogen-bond acceptors (Lipinski definition) is 10. The molecule has 0 aliphatic rings. The summed E-state index contributed by atoms with van der Waals surface area (Å²) >= 11 is 0. The van der Waals surface area contributed by atoms with Crippen molar-refractivity contribution in [3.8, 4) is 5.88 Å². The average Bonchev–Trinajstić information content (AvgIpc) is 3.60. The van der Waals surface area contributed by atoms with Crippen LogP contribution in [0.25, 0.3) is 12.2 Å². The van der Waals surface area contributed by atoms with E-state index in [1.165, 1.54) is 4.68 Å². The number of carboxylic acid groups (broad SMARTS) is 1. The number of nitrogens with zero attached hydrogens (tertiary/aromatic N) is 5. The third kappa shape index (κ3) is 9.19. The number of hydrogen-bond donors (Lipinski definition) is 4. The molecule has 14 heteroatoms. The predicted molar refractivity (Wildman–Crippen MR) is 158 cm³/mol. The number of ether oxygens (including phenoxy) is 2. The van der Waals surface area contributed by atoms with Gasteiger partial charge in [0.25, 0.3) is 5.56 Å². The van der Waals surface area contributed by atoms with Gasteiger partial charge in [-0.05, 0) is 30.6 Å². The molecule has 232 valence electrons. The lowest BCUT2D eigenvalue weighted by Gasteiger charge is -2.17. The van der Waals surface area contributed by atoms with Gasteiger partial charge in [0.05, 0.1) is 36.8 Å². The van der Waals surface area contributed by atoms with Gasteiger partial charge in [-0.1, -0.05) is 56.3 Å². The van der Waals surface area contributed by atoms with E-state index < -0.39 is 36.8 Å². The normalized spacial score (nSPS) is 13.2. The van der Waals surface area contributed by atoms with Crippen LogP contribution in [0.5, 0.6) is 5.88 Å². The lowest BCUT2D eigenvalue weighted by atomic mass is 9.90. The number of nitrogens with one attached hydrogen (secondary N) is 2. The quantitative estimate of drug-likeness (QED) is 0.124. The Morgan fingerprint density at radius 1 is 1.16 bits per heavy atom. The van der Waals surface area contributed by atoms with Crippen molar-refractivity contribution in [2.75, 3.05) is 6.79 Å². The number of aliphatic hydroxyl groups is 1. The van der Waals surface area contributed by atoms with Crippen LogP contribution in [0.2, 0.25) is 0 Å². The van der Waals surface area contributed by atoms with E-state index >= 15 is 0 Å². The summed E-state index contributed by atoms with van der Waals surface area (Å²) in [6.07, 6.45) is 5.87. The van der Waals surface area contributed by atoms with Crippen LogP contribution in [0.3, 0.4) is 0 Å². The maximum absolute atomic E-state index is 12.9. The van der Waals surface area contributed by atoms with Gasteiger partial charge in [-0.3, -0.25) is 14.4 Å². The van der Waals surface area contributed by atoms with Crippen molar-refractivity contribution in [3.63, 3.8) is 0 Å². The number of imidazole rings is 1. The Kier molecular flexibility index (Phi) is 10.4. The molecule has 4 aromatic rings. The Bertz CT molecular complexity index is 1750. The second-order valence-electron chi connectivity index (χ2n) is 11.1. The van der Waals surface area contributed by atoms with E-state index in [1.54, 1.807) is 24.7 Å². The molecule has 0 radical (unpaired) electrons. The fourth-order valence-corrected chi connectivity index (χ4v) is 4.29. The molecule has 3 aromatic heterocycles. The van der Waals surface area contributed by atoms with Gasteiger partial charge in [0.2, 0.25) is 12.7 Å². The van der Waals surface area contributed by atoms with Crippen LogP contribution in [0.1, 0.15) is 62.7 Å². The SMILES string of the molecule is CC(C)(C)c1[nH]cnc1/C=c1\[nH]c(=O)/c(=C/c2ccccc2)nc1OCOC(=O)CCCc1cn(CC(O)CC(=O)O)nn1. The molecule has 1 atom stereocenters. The number of rotatable bonds is 13. The van der Waals surface area contributed by atoms with E-state index in [0.717, 1.165) is 11.3 Å². The van der Waals surface area contributed by atoms with E-state index in [2.05, 4.69) is 30.2 Å². The van der Waals surface area contributed by atoms with Crippen molar-refractivity contribution in [1.29, 1.82) is 0 Å². The minimum atomic E-state index is -1.11. The maximum atomic E-state index is 12.9. The summed E-state index contributed by atoms with van der Waals surface area (Å²) in [5.41, 5.74) is 2.15. The average molecular weight is 606 g/mol. The van der Waals surface area contributed by atoms with Crippen LogP contribution < -0.4 is 21.0 Å². The van der Waals surface area contributed by atoms with Gasteiger partial charge in [-0.2, -0.15) is 0 Å². The number of carbonyl (C=O) groups is 2. The lowest BCUT2D eigenvalue weighted by Crippen LogP contribution is -2.38. The summed E-state index contributed by atoms with van der Waals surface area (Å²) in [6, 6.07) is 9.24. The molecule has 4 rings (SSSR count). The number of aromatic nitrogens is 7. The molecule has 3 heterocycles. The molecule has 0 aliphatic carbocycles. The van der Waals surface area contributed by atoms with E-state index in [1.807, 2.05) is 51.1 Å². The Morgan fingerprint density at radius 2 is 1.93 bits per heavy atom. The summed E-state index contributed by atoms with van der Waals surface area (Å²) in [5, 5.41) is 26.7. The van der Waals surface area contributed by atoms with Gasteiger partial charge < -0.3 is 29.7 Å². The fraction of sp³-hybridized carbons (Fsp3) is 0.367. The van der Waals surface area contributed by atoms with E-state index in [9.17, 15) is 19.5 Å². The summed E-state index contributed by atoms with van der Waals surface area (Å²) in [6.45, 7) is 5.65. The number of aryl methyl sites for hydroxylation is 1. The van der Waals surface area contributed by atoms with Crippen molar-refractivity contribution in [2.45, 2.75) is 64.5 Å². The van der Waals surface area contributed by atoms with Gasteiger partial charge in [0.15, 0.2) is 0 Å². The molecule has 44 heavy (non-hydrogen) atoms. The number of aromatic amines is 2. The van der Waals surface area contributed by atoms with Crippen LogP contribution >= 0.6 is 0 Å². The first kappa shape index (κ1) is 31.8. The van der Waals surface area contributed by atoms with Gasteiger partial charge in [-0.15, -0.1) is 5.10 Å². The molecule has 0 amide bonds. The van der Waals surface area contributed by atoms with Crippen LogP contribution in [0.4, 0.5) is 0 Å². The molecule has 4 N–H and O–H groups in total. The zero-order chi connectivity index (χ0) is 31.7. The highest BCUT2D eigenvalue weighted by molar-refractivity contribution is 5.69. The third-order valence-corrected chi connectivity index (χ3v) is 6.36. The molecule has 0 bridgehead atoms. The summed E-state index contributed by atoms with van der Waals surface area (Å²) in [7, 11) is 0.